The van der Waals surface area contributed by atoms with Gasteiger partial charge in [0.1, 0.15) is 5.82 Å². The molecule has 0 aromatic heterocycles. The largest absolute Gasteiger partial charge is 0.381 e. The van der Waals surface area contributed by atoms with Crippen molar-refractivity contribution in [3.05, 3.63) is 62.3 Å². The lowest BCUT2D eigenvalue weighted by atomic mass is 10.1. The summed E-state index contributed by atoms with van der Waals surface area (Å²) in [5.74, 6) is -0.436. The van der Waals surface area contributed by atoms with Crippen LogP contribution in [0.15, 0.2) is 30.3 Å². The Bertz CT molecular complexity index is 614. The van der Waals surface area contributed by atoms with E-state index >= 15 is 0 Å². The zero-order valence-electron chi connectivity index (χ0n) is 10.1. The van der Waals surface area contributed by atoms with Gasteiger partial charge in [-0.3, -0.25) is 0 Å². The molecule has 0 aliphatic rings. The van der Waals surface area contributed by atoms with E-state index in [1.165, 1.54) is 6.07 Å². The Morgan fingerprint density at radius 3 is 2.47 bits per heavy atom. The van der Waals surface area contributed by atoms with Crippen LogP contribution in [0.4, 0.5) is 10.1 Å². The molecule has 1 N–H and O–H groups in total. The van der Waals surface area contributed by atoms with Gasteiger partial charge in [0.2, 0.25) is 0 Å². The third-order valence-corrected chi connectivity index (χ3v) is 3.72. The number of hydrogen-bond acceptors (Lipinski definition) is 1. The average molecular weight is 319 g/mol. The van der Waals surface area contributed by atoms with Crippen LogP contribution in [0.5, 0.6) is 0 Å². The van der Waals surface area contributed by atoms with Crippen molar-refractivity contribution in [3.8, 4) is 0 Å². The summed E-state index contributed by atoms with van der Waals surface area (Å²) < 4.78 is 13.0. The number of rotatable bonds is 3. The maximum atomic E-state index is 13.0. The Morgan fingerprint density at radius 1 is 1.05 bits per heavy atom. The molecule has 0 atom stereocenters. The highest BCUT2D eigenvalue weighted by atomic mass is 35.5. The van der Waals surface area contributed by atoms with Gasteiger partial charge in [-0.1, -0.05) is 34.8 Å². The molecule has 0 bridgehead atoms. The van der Waals surface area contributed by atoms with Gasteiger partial charge in [0.05, 0.1) is 5.02 Å². The van der Waals surface area contributed by atoms with Crippen molar-refractivity contribution in [1.29, 1.82) is 0 Å². The lowest BCUT2D eigenvalue weighted by Gasteiger charge is -2.11. The van der Waals surface area contributed by atoms with E-state index in [0.717, 1.165) is 16.8 Å². The molecule has 0 spiro atoms. The molecule has 5 heteroatoms. The van der Waals surface area contributed by atoms with Crippen LogP contribution < -0.4 is 5.32 Å². The Labute approximate surface area is 126 Å². The third-order valence-electron chi connectivity index (χ3n) is 2.82. The quantitative estimate of drug-likeness (QED) is 0.764. The fraction of sp³-hybridized carbons (Fsp3) is 0.143. The van der Waals surface area contributed by atoms with Crippen molar-refractivity contribution < 1.29 is 4.39 Å². The second-order valence-corrected chi connectivity index (χ2v) is 5.41. The van der Waals surface area contributed by atoms with E-state index in [-0.39, 0.29) is 5.02 Å². The first-order valence-corrected chi connectivity index (χ1v) is 6.74. The number of nitrogens with one attached hydrogen (secondary N) is 1. The molecule has 100 valence electrons. The number of anilines is 1. The van der Waals surface area contributed by atoms with E-state index in [0.29, 0.717) is 16.6 Å². The van der Waals surface area contributed by atoms with Crippen LogP contribution in [0.2, 0.25) is 15.1 Å². The van der Waals surface area contributed by atoms with Crippen LogP contribution in [-0.4, -0.2) is 0 Å². The predicted octanol–water partition coefficient (Wildman–Crippen LogP) is 5.71. The lowest BCUT2D eigenvalue weighted by Crippen LogP contribution is -2.02. The summed E-state index contributed by atoms with van der Waals surface area (Å²) in [7, 11) is 0. The summed E-state index contributed by atoms with van der Waals surface area (Å²) >= 11 is 17.8. The molecule has 1 nitrogen and oxygen atoms in total. The van der Waals surface area contributed by atoms with Crippen LogP contribution in [0.1, 0.15) is 11.1 Å². The summed E-state index contributed by atoms with van der Waals surface area (Å²) in [6.45, 7) is 2.46. The van der Waals surface area contributed by atoms with Crippen LogP contribution >= 0.6 is 34.8 Å². The van der Waals surface area contributed by atoms with E-state index < -0.39 is 5.82 Å². The van der Waals surface area contributed by atoms with E-state index in [2.05, 4.69) is 5.32 Å². The second kappa shape index (κ2) is 6.00. The van der Waals surface area contributed by atoms with Gasteiger partial charge < -0.3 is 5.32 Å². The van der Waals surface area contributed by atoms with E-state index in [1.54, 1.807) is 18.2 Å². The van der Waals surface area contributed by atoms with Crippen LogP contribution in [-0.2, 0) is 6.54 Å². The zero-order valence-corrected chi connectivity index (χ0v) is 12.4. The summed E-state index contributed by atoms with van der Waals surface area (Å²) in [5.41, 5.74) is 2.69. The lowest BCUT2D eigenvalue weighted by molar-refractivity contribution is 0.628. The fourth-order valence-electron chi connectivity index (χ4n) is 1.69. The first kappa shape index (κ1) is 14.4. The number of benzene rings is 2. The monoisotopic (exact) mass is 317 g/mol. The Balaban J connectivity index is 2.16. The SMILES string of the molecule is Cc1c(Cl)cc(Cl)cc1CNc1ccc(F)c(Cl)c1. The molecule has 2 aromatic rings. The second-order valence-electron chi connectivity index (χ2n) is 4.15. The van der Waals surface area contributed by atoms with Crippen molar-refractivity contribution >= 4 is 40.5 Å². The van der Waals surface area contributed by atoms with Gasteiger partial charge in [0.15, 0.2) is 0 Å². The van der Waals surface area contributed by atoms with Crippen LogP contribution in [0, 0.1) is 12.7 Å². The Hall–Kier alpha value is -0.960. The number of hydrogen-bond donors (Lipinski definition) is 1. The maximum Gasteiger partial charge on any atom is 0.141 e. The normalized spacial score (nSPS) is 10.6. The van der Waals surface area contributed by atoms with Crippen LogP contribution in [0.3, 0.4) is 0 Å². The molecule has 0 saturated heterocycles. The van der Waals surface area contributed by atoms with Crippen molar-refractivity contribution in [1.82, 2.24) is 0 Å². The highest BCUT2D eigenvalue weighted by Gasteiger charge is 2.06. The molecule has 0 unspecified atom stereocenters. The topological polar surface area (TPSA) is 12.0 Å². The van der Waals surface area contributed by atoms with E-state index in [1.807, 2.05) is 13.0 Å². The molecule has 2 aromatic carbocycles. The van der Waals surface area contributed by atoms with Crippen molar-refractivity contribution in [2.75, 3.05) is 5.32 Å². The summed E-state index contributed by atoms with van der Waals surface area (Å²) in [6.07, 6.45) is 0. The summed E-state index contributed by atoms with van der Waals surface area (Å²) in [6, 6.07) is 8.04. The average Bonchev–Trinajstić information content (AvgIpc) is 2.36. The van der Waals surface area contributed by atoms with Gasteiger partial charge in [0, 0.05) is 22.3 Å². The predicted molar refractivity (Wildman–Crippen MR) is 79.9 cm³/mol. The van der Waals surface area contributed by atoms with Gasteiger partial charge in [-0.25, -0.2) is 4.39 Å². The minimum atomic E-state index is -0.436. The van der Waals surface area contributed by atoms with Gasteiger partial charge in [-0.15, -0.1) is 0 Å². The summed E-state index contributed by atoms with van der Waals surface area (Å²) in [4.78, 5) is 0. The first-order valence-electron chi connectivity index (χ1n) is 5.61. The zero-order chi connectivity index (χ0) is 14.0. The molecular weight excluding hydrogens is 308 g/mol. The Morgan fingerprint density at radius 2 is 1.79 bits per heavy atom. The fourth-order valence-corrected chi connectivity index (χ4v) is 2.40. The molecule has 2 rings (SSSR count). The molecule has 19 heavy (non-hydrogen) atoms. The molecule has 0 aliphatic carbocycles. The number of halogens is 4. The highest BCUT2D eigenvalue weighted by molar-refractivity contribution is 6.35. The van der Waals surface area contributed by atoms with Crippen molar-refractivity contribution in [2.45, 2.75) is 13.5 Å². The standard InChI is InChI=1S/C14H11Cl3FN/c1-8-9(4-10(15)5-12(8)16)7-19-11-2-3-14(18)13(17)6-11/h2-6,19H,7H2,1H3. The molecule has 0 saturated carbocycles. The van der Waals surface area contributed by atoms with Gasteiger partial charge in [-0.05, 0) is 48.4 Å². The molecular formula is C14H11Cl3FN. The molecule has 0 heterocycles. The molecule has 0 radical (unpaired) electrons. The first-order chi connectivity index (χ1) is 8.97. The van der Waals surface area contributed by atoms with E-state index in [4.69, 9.17) is 34.8 Å². The third kappa shape index (κ3) is 3.53. The minimum absolute atomic E-state index is 0.0887. The highest BCUT2D eigenvalue weighted by Crippen LogP contribution is 2.26. The van der Waals surface area contributed by atoms with Crippen molar-refractivity contribution in [2.24, 2.45) is 0 Å². The molecule has 0 aliphatic heterocycles. The van der Waals surface area contributed by atoms with Crippen molar-refractivity contribution in [3.63, 3.8) is 0 Å². The minimum Gasteiger partial charge on any atom is -0.381 e. The van der Waals surface area contributed by atoms with Gasteiger partial charge >= 0.3 is 0 Å². The Kier molecular flexibility index (Phi) is 4.56. The van der Waals surface area contributed by atoms with Gasteiger partial charge in [0.25, 0.3) is 0 Å². The van der Waals surface area contributed by atoms with E-state index in [9.17, 15) is 4.39 Å². The molecule has 0 fully saturated rings. The molecule has 0 amide bonds. The van der Waals surface area contributed by atoms with Crippen LogP contribution in [0.25, 0.3) is 0 Å². The maximum absolute atomic E-state index is 13.0. The smallest absolute Gasteiger partial charge is 0.141 e. The van der Waals surface area contributed by atoms with Gasteiger partial charge in [-0.2, -0.15) is 0 Å². The summed E-state index contributed by atoms with van der Waals surface area (Å²) in [5, 5.41) is 4.46.